The molecule has 1 amide bonds. The highest BCUT2D eigenvalue weighted by Gasteiger charge is 2.43. The van der Waals surface area contributed by atoms with Crippen LogP contribution >= 0.6 is 0 Å². The van der Waals surface area contributed by atoms with E-state index in [-0.39, 0.29) is 24.1 Å². The molecule has 0 aliphatic heterocycles. The lowest BCUT2D eigenvalue weighted by molar-refractivity contribution is -0.123. The third-order valence-electron chi connectivity index (χ3n) is 4.11. The van der Waals surface area contributed by atoms with Crippen molar-refractivity contribution < 1.29 is 13.9 Å². The second kappa shape index (κ2) is 6.97. The molecule has 0 radical (unpaired) electrons. The van der Waals surface area contributed by atoms with Gasteiger partial charge >= 0.3 is 0 Å². The van der Waals surface area contributed by atoms with Crippen molar-refractivity contribution in [3.8, 4) is 11.8 Å². The molecule has 1 saturated carbocycles. The van der Waals surface area contributed by atoms with Crippen LogP contribution in [0.2, 0.25) is 0 Å². The summed E-state index contributed by atoms with van der Waals surface area (Å²) in [6, 6.07) is 6.93. The molecule has 1 aliphatic rings. The van der Waals surface area contributed by atoms with Crippen molar-refractivity contribution >= 4 is 5.91 Å². The molecule has 0 aromatic heterocycles. The Hall–Kier alpha value is -2.13. The number of nitriles is 1. The lowest BCUT2D eigenvalue weighted by Gasteiger charge is -2.25. The van der Waals surface area contributed by atoms with Gasteiger partial charge in [-0.1, -0.05) is 6.07 Å². The fraction of sp³-hybridized carbons (Fsp3) is 0.529. The molecule has 6 heteroatoms. The molecule has 1 atom stereocenters. The van der Waals surface area contributed by atoms with Gasteiger partial charge in [0.1, 0.15) is 5.54 Å². The number of carbonyl (C=O) groups is 1. The van der Waals surface area contributed by atoms with Gasteiger partial charge in [0, 0.05) is 6.54 Å². The number of nitrogens with one attached hydrogen (secondary N) is 1. The van der Waals surface area contributed by atoms with Crippen LogP contribution in [0.15, 0.2) is 18.2 Å². The van der Waals surface area contributed by atoms with E-state index in [1.165, 1.54) is 13.2 Å². The number of nitrogens with zero attached hydrogens (tertiary/aromatic N) is 2. The molecule has 0 unspecified atom stereocenters. The fourth-order valence-corrected chi connectivity index (χ4v) is 2.63. The second-order valence-electron chi connectivity index (χ2n) is 6.28. The summed E-state index contributed by atoms with van der Waals surface area (Å²) >= 11 is 0. The van der Waals surface area contributed by atoms with Crippen LogP contribution in [0.4, 0.5) is 4.39 Å². The van der Waals surface area contributed by atoms with E-state index in [2.05, 4.69) is 11.4 Å². The number of likely N-dealkylation sites (N-methyl/N-ethyl adjacent to an activating group) is 1. The summed E-state index contributed by atoms with van der Waals surface area (Å²) in [5.41, 5.74) is -0.0340. The van der Waals surface area contributed by atoms with Gasteiger partial charge in [-0.05, 0) is 50.4 Å². The van der Waals surface area contributed by atoms with E-state index in [9.17, 15) is 14.4 Å². The summed E-state index contributed by atoms with van der Waals surface area (Å²) < 4.78 is 18.6. The Balaban J connectivity index is 1.89. The summed E-state index contributed by atoms with van der Waals surface area (Å²) in [6.45, 7) is 2.35. The number of halogens is 1. The molecular weight excluding hydrogens is 297 g/mol. The van der Waals surface area contributed by atoms with Crippen LogP contribution in [0, 0.1) is 23.1 Å². The van der Waals surface area contributed by atoms with Crippen molar-refractivity contribution in [3.63, 3.8) is 0 Å². The predicted octanol–water partition coefficient (Wildman–Crippen LogP) is 2.07. The van der Waals surface area contributed by atoms with Crippen LogP contribution in [0.3, 0.4) is 0 Å². The van der Waals surface area contributed by atoms with E-state index in [1.54, 1.807) is 31.0 Å². The number of methoxy groups -OCH3 is 1. The molecule has 0 heterocycles. The van der Waals surface area contributed by atoms with Crippen molar-refractivity contribution in [1.29, 1.82) is 5.26 Å². The lowest BCUT2D eigenvalue weighted by Crippen LogP contribution is -2.49. The van der Waals surface area contributed by atoms with Crippen molar-refractivity contribution in [2.45, 2.75) is 31.8 Å². The zero-order valence-electron chi connectivity index (χ0n) is 13.7. The molecule has 0 spiro atoms. The maximum Gasteiger partial charge on any atom is 0.235 e. The Morgan fingerprint density at radius 2 is 2.26 bits per heavy atom. The van der Waals surface area contributed by atoms with Crippen molar-refractivity contribution in [1.82, 2.24) is 10.2 Å². The molecule has 1 N–H and O–H groups in total. The van der Waals surface area contributed by atoms with Gasteiger partial charge in [-0.15, -0.1) is 0 Å². The van der Waals surface area contributed by atoms with E-state index in [1.807, 2.05) is 0 Å². The van der Waals surface area contributed by atoms with Crippen molar-refractivity contribution in [3.05, 3.63) is 29.6 Å². The zero-order chi connectivity index (χ0) is 17.0. The first-order chi connectivity index (χ1) is 10.9. The maximum absolute atomic E-state index is 13.7. The first-order valence-electron chi connectivity index (χ1n) is 7.61. The molecule has 5 nitrogen and oxygen atoms in total. The number of ether oxygens (including phenoxy) is 1. The molecule has 23 heavy (non-hydrogen) atoms. The van der Waals surface area contributed by atoms with Crippen LogP contribution in [0.25, 0.3) is 0 Å². The Kier molecular flexibility index (Phi) is 5.22. The van der Waals surface area contributed by atoms with Gasteiger partial charge in [-0.25, -0.2) is 4.39 Å². The van der Waals surface area contributed by atoms with Gasteiger partial charge in [0.2, 0.25) is 5.91 Å². The maximum atomic E-state index is 13.7. The van der Waals surface area contributed by atoms with Gasteiger partial charge in [0.25, 0.3) is 0 Å². The SMILES string of the molecule is COc1ccc(CN(C)CC(=O)N[C@](C)(C#N)C2CC2)cc1F. The predicted molar refractivity (Wildman–Crippen MR) is 84.2 cm³/mol. The van der Waals surface area contributed by atoms with Gasteiger partial charge < -0.3 is 10.1 Å². The summed E-state index contributed by atoms with van der Waals surface area (Å²) in [5.74, 6) is -0.174. The molecule has 1 aromatic carbocycles. The number of benzene rings is 1. The number of rotatable bonds is 7. The highest BCUT2D eigenvalue weighted by molar-refractivity contribution is 5.79. The molecule has 2 rings (SSSR count). The Morgan fingerprint density at radius 1 is 1.57 bits per heavy atom. The lowest BCUT2D eigenvalue weighted by atomic mass is 9.98. The van der Waals surface area contributed by atoms with Crippen molar-refractivity contribution in [2.24, 2.45) is 5.92 Å². The molecular formula is C17H22FN3O2. The first kappa shape index (κ1) is 17.2. The third-order valence-corrected chi connectivity index (χ3v) is 4.11. The van der Waals surface area contributed by atoms with Gasteiger partial charge in [-0.3, -0.25) is 9.69 Å². The monoisotopic (exact) mass is 319 g/mol. The van der Waals surface area contributed by atoms with Crippen LogP contribution in [0.5, 0.6) is 5.75 Å². The normalized spacial score (nSPS) is 16.5. The minimum atomic E-state index is -0.788. The number of carbonyl (C=O) groups excluding carboxylic acids is 1. The molecule has 124 valence electrons. The zero-order valence-corrected chi connectivity index (χ0v) is 13.7. The Labute approximate surface area is 136 Å². The minimum Gasteiger partial charge on any atom is -0.494 e. The number of amides is 1. The van der Waals surface area contributed by atoms with Gasteiger partial charge in [0.15, 0.2) is 11.6 Å². The molecule has 1 aromatic rings. The van der Waals surface area contributed by atoms with Crippen LogP contribution in [-0.4, -0.2) is 37.0 Å². The highest BCUT2D eigenvalue weighted by Crippen LogP contribution is 2.39. The smallest absolute Gasteiger partial charge is 0.235 e. The number of hydrogen-bond acceptors (Lipinski definition) is 4. The number of hydrogen-bond donors (Lipinski definition) is 1. The van der Waals surface area contributed by atoms with Crippen molar-refractivity contribution in [2.75, 3.05) is 20.7 Å². The average molecular weight is 319 g/mol. The topological polar surface area (TPSA) is 65.4 Å². The van der Waals surface area contributed by atoms with Crippen LogP contribution in [0.1, 0.15) is 25.3 Å². The van der Waals surface area contributed by atoms with Gasteiger partial charge in [0.05, 0.1) is 19.7 Å². The quantitative estimate of drug-likeness (QED) is 0.835. The molecule has 1 aliphatic carbocycles. The first-order valence-corrected chi connectivity index (χ1v) is 7.61. The van der Waals surface area contributed by atoms with Gasteiger partial charge in [-0.2, -0.15) is 5.26 Å². The van der Waals surface area contributed by atoms with Crippen LogP contribution in [-0.2, 0) is 11.3 Å². The summed E-state index contributed by atoms with van der Waals surface area (Å²) in [7, 11) is 3.20. The Morgan fingerprint density at radius 3 is 2.78 bits per heavy atom. The molecule has 1 fully saturated rings. The standard InChI is InChI=1S/C17H22FN3O2/c1-17(11-19,13-5-6-13)20-16(22)10-21(2)9-12-4-7-15(23-3)14(18)8-12/h4,7-8,13H,5-6,9-10H2,1-3H3,(H,20,22)/t17-/m1/s1. The summed E-state index contributed by atoms with van der Waals surface area (Å²) in [6.07, 6.45) is 1.95. The Bertz CT molecular complexity index is 625. The molecule has 0 saturated heterocycles. The largest absolute Gasteiger partial charge is 0.494 e. The van der Waals surface area contributed by atoms with E-state index in [0.29, 0.717) is 6.54 Å². The fourth-order valence-electron chi connectivity index (χ4n) is 2.63. The van der Waals surface area contributed by atoms with E-state index in [0.717, 1.165) is 18.4 Å². The summed E-state index contributed by atoms with van der Waals surface area (Å²) in [5, 5.41) is 12.1. The summed E-state index contributed by atoms with van der Waals surface area (Å²) in [4.78, 5) is 13.9. The molecule has 0 bridgehead atoms. The highest BCUT2D eigenvalue weighted by atomic mass is 19.1. The van der Waals surface area contributed by atoms with E-state index < -0.39 is 11.4 Å². The minimum absolute atomic E-state index is 0.150. The van der Waals surface area contributed by atoms with E-state index in [4.69, 9.17) is 4.74 Å². The van der Waals surface area contributed by atoms with Crippen LogP contribution < -0.4 is 10.1 Å². The second-order valence-corrected chi connectivity index (χ2v) is 6.28. The van der Waals surface area contributed by atoms with E-state index >= 15 is 0 Å². The third kappa shape index (κ3) is 4.42. The average Bonchev–Trinajstić information content (AvgIpc) is 3.32.